The molecule has 0 radical (unpaired) electrons. The SMILES string of the molecule is CCc1c(C)cc(CCC=C(C)C)cc1F. The van der Waals surface area contributed by atoms with Gasteiger partial charge in [0.2, 0.25) is 0 Å². The van der Waals surface area contributed by atoms with Gasteiger partial charge in [-0.05, 0) is 62.8 Å². The van der Waals surface area contributed by atoms with Crippen molar-refractivity contribution in [2.45, 2.75) is 47.0 Å². The molecule has 0 heterocycles. The highest BCUT2D eigenvalue weighted by molar-refractivity contribution is 5.32. The van der Waals surface area contributed by atoms with Gasteiger partial charge in [-0.2, -0.15) is 0 Å². The number of rotatable bonds is 4. The molecule has 0 atom stereocenters. The first-order chi connectivity index (χ1) is 7.54. The summed E-state index contributed by atoms with van der Waals surface area (Å²) in [7, 11) is 0. The lowest BCUT2D eigenvalue weighted by atomic mass is 9.99. The summed E-state index contributed by atoms with van der Waals surface area (Å²) in [4.78, 5) is 0. The Morgan fingerprint density at radius 1 is 1.31 bits per heavy atom. The molecule has 88 valence electrons. The Labute approximate surface area is 98.2 Å². The summed E-state index contributed by atoms with van der Waals surface area (Å²) in [5, 5.41) is 0. The van der Waals surface area contributed by atoms with E-state index in [0.29, 0.717) is 0 Å². The minimum Gasteiger partial charge on any atom is -0.207 e. The van der Waals surface area contributed by atoms with Crippen LogP contribution in [0.25, 0.3) is 0 Å². The lowest BCUT2D eigenvalue weighted by Crippen LogP contribution is -1.96. The average Bonchev–Trinajstić information content (AvgIpc) is 2.16. The zero-order valence-corrected chi connectivity index (χ0v) is 10.7. The Bertz CT molecular complexity index is 361. The topological polar surface area (TPSA) is 0 Å². The summed E-state index contributed by atoms with van der Waals surface area (Å²) in [6.07, 6.45) is 4.88. The highest BCUT2D eigenvalue weighted by Crippen LogP contribution is 2.18. The summed E-state index contributed by atoms with van der Waals surface area (Å²) >= 11 is 0. The van der Waals surface area contributed by atoms with Gasteiger partial charge in [-0.3, -0.25) is 0 Å². The molecule has 0 amide bonds. The molecule has 1 rings (SSSR count). The van der Waals surface area contributed by atoms with Gasteiger partial charge in [0.1, 0.15) is 5.82 Å². The van der Waals surface area contributed by atoms with Crippen molar-refractivity contribution in [2.75, 3.05) is 0 Å². The Morgan fingerprint density at radius 3 is 2.50 bits per heavy atom. The number of benzene rings is 1. The molecule has 0 aliphatic heterocycles. The van der Waals surface area contributed by atoms with Crippen LogP contribution in [0.1, 0.15) is 43.9 Å². The third kappa shape index (κ3) is 3.48. The lowest BCUT2D eigenvalue weighted by Gasteiger charge is -2.08. The molecule has 0 N–H and O–H groups in total. The lowest BCUT2D eigenvalue weighted by molar-refractivity contribution is 0.607. The molecule has 0 unspecified atom stereocenters. The van der Waals surface area contributed by atoms with E-state index in [9.17, 15) is 4.39 Å². The normalized spacial score (nSPS) is 10.3. The smallest absolute Gasteiger partial charge is 0.126 e. The number of aryl methyl sites for hydroxylation is 2. The molecule has 0 spiro atoms. The van der Waals surface area contributed by atoms with Crippen LogP contribution in [0.4, 0.5) is 4.39 Å². The van der Waals surface area contributed by atoms with Gasteiger partial charge in [0, 0.05) is 0 Å². The van der Waals surface area contributed by atoms with Crippen LogP contribution >= 0.6 is 0 Å². The van der Waals surface area contributed by atoms with Crippen molar-refractivity contribution < 1.29 is 4.39 Å². The fraction of sp³-hybridized carbons (Fsp3) is 0.467. The summed E-state index contributed by atoms with van der Waals surface area (Å²) < 4.78 is 13.7. The molecule has 1 aromatic rings. The van der Waals surface area contributed by atoms with Gasteiger partial charge in [0.25, 0.3) is 0 Å². The van der Waals surface area contributed by atoms with Crippen LogP contribution in [-0.4, -0.2) is 0 Å². The van der Waals surface area contributed by atoms with Gasteiger partial charge < -0.3 is 0 Å². The first kappa shape index (κ1) is 13.0. The van der Waals surface area contributed by atoms with E-state index in [1.165, 1.54) is 5.57 Å². The average molecular weight is 220 g/mol. The monoisotopic (exact) mass is 220 g/mol. The molecule has 0 aliphatic rings. The standard InChI is InChI=1S/C15H21F/c1-5-14-12(4)9-13(10-15(14)16)8-6-7-11(2)3/h7,9-10H,5-6,8H2,1-4H3. The molecule has 1 heteroatoms. The van der Waals surface area contributed by atoms with E-state index in [1.807, 2.05) is 13.8 Å². The second-order valence-corrected chi connectivity index (χ2v) is 4.55. The van der Waals surface area contributed by atoms with Crippen molar-refractivity contribution in [3.63, 3.8) is 0 Å². The third-order valence-corrected chi connectivity index (χ3v) is 2.82. The molecule has 1 aromatic carbocycles. The van der Waals surface area contributed by atoms with E-state index in [0.717, 1.165) is 36.0 Å². The predicted octanol–water partition coefficient (Wildman–Crippen LogP) is 4.60. The van der Waals surface area contributed by atoms with Crippen molar-refractivity contribution in [3.8, 4) is 0 Å². The van der Waals surface area contributed by atoms with Crippen molar-refractivity contribution >= 4 is 0 Å². The Morgan fingerprint density at radius 2 is 2.00 bits per heavy atom. The summed E-state index contributed by atoms with van der Waals surface area (Å²) in [6.45, 7) is 8.17. The van der Waals surface area contributed by atoms with E-state index in [-0.39, 0.29) is 5.82 Å². The first-order valence-corrected chi connectivity index (χ1v) is 5.95. The van der Waals surface area contributed by atoms with Crippen LogP contribution < -0.4 is 0 Å². The molecule has 0 saturated heterocycles. The van der Waals surface area contributed by atoms with Crippen LogP contribution in [0.15, 0.2) is 23.8 Å². The maximum Gasteiger partial charge on any atom is 0.126 e. The molecule has 0 bridgehead atoms. The van der Waals surface area contributed by atoms with Crippen molar-refractivity contribution in [2.24, 2.45) is 0 Å². The number of hydrogen-bond acceptors (Lipinski definition) is 0. The molecule has 0 nitrogen and oxygen atoms in total. The van der Waals surface area contributed by atoms with Crippen molar-refractivity contribution in [1.29, 1.82) is 0 Å². The van der Waals surface area contributed by atoms with E-state index >= 15 is 0 Å². The van der Waals surface area contributed by atoms with Gasteiger partial charge >= 0.3 is 0 Å². The number of halogens is 1. The second-order valence-electron chi connectivity index (χ2n) is 4.55. The third-order valence-electron chi connectivity index (χ3n) is 2.82. The Kier molecular flexibility index (Phi) is 4.72. The first-order valence-electron chi connectivity index (χ1n) is 5.95. The fourth-order valence-electron chi connectivity index (χ4n) is 1.96. The summed E-state index contributed by atoms with van der Waals surface area (Å²) in [6, 6.07) is 3.80. The zero-order chi connectivity index (χ0) is 12.1. The van der Waals surface area contributed by atoms with Gasteiger partial charge in [-0.1, -0.05) is 24.6 Å². The molecule has 0 fully saturated rings. The molecule has 0 saturated carbocycles. The van der Waals surface area contributed by atoms with Crippen molar-refractivity contribution in [3.05, 3.63) is 46.3 Å². The minimum absolute atomic E-state index is 0.0466. The quantitative estimate of drug-likeness (QED) is 0.651. The molecular weight excluding hydrogens is 199 g/mol. The minimum atomic E-state index is -0.0466. The molecule has 0 aromatic heterocycles. The predicted molar refractivity (Wildman–Crippen MR) is 68.3 cm³/mol. The maximum absolute atomic E-state index is 13.7. The summed E-state index contributed by atoms with van der Waals surface area (Å²) in [5.41, 5.74) is 4.35. The van der Waals surface area contributed by atoms with Crippen LogP contribution in [0.2, 0.25) is 0 Å². The van der Waals surface area contributed by atoms with E-state index in [1.54, 1.807) is 6.07 Å². The van der Waals surface area contributed by atoms with E-state index < -0.39 is 0 Å². The van der Waals surface area contributed by atoms with E-state index in [4.69, 9.17) is 0 Å². The fourth-order valence-corrected chi connectivity index (χ4v) is 1.96. The molecular formula is C15H21F. The Hall–Kier alpha value is -1.11. The maximum atomic E-state index is 13.7. The van der Waals surface area contributed by atoms with Gasteiger partial charge in [0.15, 0.2) is 0 Å². The zero-order valence-electron chi connectivity index (χ0n) is 10.7. The number of hydrogen-bond donors (Lipinski definition) is 0. The molecule has 16 heavy (non-hydrogen) atoms. The van der Waals surface area contributed by atoms with Crippen LogP contribution in [0.5, 0.6) is 0 Å². The summed E-state index contributed by atoms with van der Waals surface area (Å²) in [5.74, 6) is -0.0466. The molecule has 0 aliphatic carbocycles. The van der Waals surface area contributed by atoms with Gasteiger partial charge in [-0.15, -0.1) is 0 Å². The highest BCUT2D eigenvalue weighted by atomic mass is 19.1. The Balaban J connectivity index is 2.80. The van der Waals surface area contributed by atoms with Crippen LogP contribution in [0, 0.1) is 12.7 Å². The van der Waals surface area contributed by atoms with E-state index in [2.05, 4.69) is 26.0 Å². The van der Waals surface area contributed by atoms with Gasteiger partial charge in [0.05, 0.1) is 0 Å². The van der Waals surface area contributed by atoms with Crippen LogP contribution in [0.3, 0.4) is 0 Å². The van der Waals surface area contributed by atoms with Crippen molar-refractivity contribution in [1.82, 2.24) is 0 Å². The highest BCUT2D eigenvalue weighted by Gasteiger charge is 2.05. The van der Waals surface area contributed by atoms with Gasteiger partial charge in [-0.25, -0.2) is 4.39 Å². The van der Waals surface area contributed by atoms with Crippen LogP contribution in [-0.2, 0) is 12.8 Å². The number of allylic oxidation sites excluding steroid dienone is 2. The second kappa shape index (κ2) is 5.83. The largest absolute Gasteiger partial charge is 0.207 e.